The Hall–Kier alpha value is -2.10. The van der Waals surface area contributed by atoms with E-state index in [1.54, 1.807) is 11.8 Å². The second-order valence-electron chi connectivity index (χ2n) is 6.13. The van der Waals surface area contributed by atoms with Crippen LogP contribution in [0.25, 0.3) is 0 Å². The number of amides is 1. The van der Waals surface area contributed by atoms with Gasteiger partial charge in [0.05, 0.1) is 5.88 Å². The quantitative estimate of drug-likeness (QED) is 0.304. The molecule has 5 nitrogen and oxygen atoms in total. The van der Waals surface area contributed by atoms with Gasteiger partial charge in [-0.3, -0.25) is 9.80 Å². The summed E-state index contributed by atoms with van der Waals surface area (Å²) in [6.45, 7) is 2.78. The molecule has 1 heterocycles. The van der Waals surface area contributed by atoms with Crippen molar-refractivity contribution in [3.05, 3.63) is 29.8 Å². The molecule has 0 spiro atoms. The highest BCUT2D eigenvalue weighted by molar-refractivity contribution is 6.29. The van der Waals surface area contributed by atoms with Crippen molar-refractivity contribution in [2.24, 2.45) is 5.10 Å². The molecule has 156 valence electrons. The van der Waals surface area contributed by atoms with Gasteiger partial charge in [-0.15, -0.1) is 11.6 Å². The zero-order chi connectivity index (χ0) is 20.9. The van der Waals surface area contributed by atoms with Crippen molar-refractivity contribution in [2.75, 3.05) is 50.0 Å². The lowest BCUT2D eigenvalue weighted by Crippen LogP contribution is -2.51. The number of hydrogen-bond donors (Lipinski definition) is 0. The normalized spacial score (nSPS) is 15.8. The molecule has 2 rings (SSSR count). The number of hydrogen-bond acceptors (Lipinski definition) is 4. The molecule has 0 saturated carbocycles. The Kier molecular flexibility index (Phi) is 7.45. The molecule has 1 amide bonds. The molecule has 28 heavy (non-hydrogen) atoms. The van der Waals surface area contributed by atoms with E-state index in [0.29, 0.717) is 31.9 Å². The molecule has 1 fully saturated rings. The lowest BCUT2D eigenvalue weighted by atomic mass is 10.2. The van der Waals surface area contributed by atoms with Crippen molar-refractivity contribution in [1.29, 1.82) is 0 Å². The molecule has 1 aromatic carbocycles. The number of carbonyl (C=O) groups excluding carboxylic acids is 1. The molecule has 1 aliphatic rings. The van der Waals surface area contributed by atoms with Crippen LogP contribution in [-0.2, 0) is 4.79 Å². The predicted octanol–water partition coefficient (Wildman–Crippen LogP) is 3.09. The van der Waals surface area contributed by atoms with Crippen LogP contribution in [0.3, 0.4) is 0 Å². The van der Waals surface area contributed by atoms with Gasteiger partial charge in [0.25, 0.3) is 0 Å². The summed E-state index contributed by atoms with van der Waals surface area (Å²) in [6, 6.07) is 3.58. The van der Waals surface area contributed by atoms with Gasteiger partial charge in [0.1, 0.15) is 6.54 Å². The van der Waals surface area contributed by atoms with Crippen LogP contribution in [0.4, 0.5) is 27.6 Å². The van der Waals surface area contributed by atoms with Crippen LogP contribution in [0.2, 0.25) is 0 Å². The first kappa shape index (κ1) is 22.2. The number of likely N-dealkylation sites (N-methyl/N-ethyl adjacent to an activating group) is 1. The summed E-state index contributed by atoms with van der Waals surface area (Å²) in [5, 5.41) is 4.48. The van der Waals surface area contributed by atoms with Crippen LogP contribution in [0, 0.1) is 11.6 Å². The van der Waals surface area contributed by atoms with E-state index in [1.807, 2.05) is 0 Å². The second kappa shape index (κ2) is 9.40. The van der Waals surface area contributed by atoms with E-state index in [1.165, 1.54) is 11.0 Å². The maximum atomic E-state index is 13.4. The first-order valence-corrected chi connectivity index (χ1v) is 9.12. The Morgan fingerprint density at radius 2 is 1.82 bits per heavy atom. The van der Waals surface area contributed by atoms with Crippen molar-refractivity contribution in [3.8, 4) is 0 Å². The molecule has 0 N–H and O–H groups in total. The van der Waals surface area contributed by atoms with E-state index < -0.39 is 29.4 Å². The predicted molar refractivity (Wildman–Crippen MR) is 96.6 cm³/mol. The highest BCUT2D eigenvalue weighted by atomic mass is 35.5. The fourth-order valence-electron chi connectivity index (χ4n) is 2.70. The molecule has 1 saturated heterocycles. The molecule has 0 aromatic heterocycles. The minimum Gasteiger partial charge on any atom is -0.368 e. The highest BCUT2D eigenvalue weighted by Crippen LogP contribution is 2.20. The molecule has 0 unspecified atom stereocenters. The topological polar surface area (TPSA) is 39.2 Å². The van der Waals surface area contributed by atoms with E-state index in [9.17, 15) is 26.7 Å². The Balaban J connectivity index is 1.95. The van der Waals surface area contributed by atoms with Gasteiger partial charge in [0.2, 0.25) is 5.91 Å². The third-order valence-electron chi connectivity index (χ3n) is 4.30. The van der Waals surface area contributed by atoms with Crippen LogP contribution in [0.1, 0.15) is 6.92 Å². The van der Waals surface area contributed by atoms with Gasteiger partial charge >= 0.3 is 6.18 Å². The smallest absolute Gasteiger partial charge is 0.368 e. The number of hydrazone groups is 1. The summed E-state index contributed by atoms with van der Waals surface area (Å²) in [7, 11) is 0. The fraction of sp³-hybridized carbons (Fsp3) is 0.529. The second-order valence-corrected chi connectivity index (χ2v) is 6.39. The van der Waals surface area contributed by atoms with Gasteiger partial charge in [-0.1, -0.05) is 0 Å². The first-order chi connectivity index (χ1) is 13.2. The van der Waals surface area contributed by atoms with Crippen LogP contribution in [0.15, 0.2) is 23.3 Å². The van der Waals surface area contributed by atoms with Crippen molar-refractivity contribution in [2.45, 2.75) is 13.1 Å². The number of halogens is 6. The van der Waals surface area contributed by atoms with Gasteiger partial charge in [-0.05, 0) is 19.1 Å². The first-order valence-electron chi connectivity index (χ1n) is 8.59. The summed E-state index contributed by atoms with van der Waals surface area (Å²) >= 11 is 5.31. The van der Waals surface area contributed by atoms with E-state index in [2.05, 4.69) is 5.10 Å². The van der Waals surface area contributed by atoms with Gasteiger partial charge in [0, 0.05) is 44.5 Å². The minimum absolute atomic E-state index is 0.108. The van der Waals surface area contributed by atoms with Crippen LogP contribution >= 0.6 is 11.6 Å². The minimum atomic E-state index is -4.66. The molecule has 0 atom stereocenters. The largest absolute Gasteiger partial charge is 0.432 e. The Labute approximate surface area is 164 Å². The standard InChI is InChI=1S/C17H20ClF5N4O/c1-2-27(24-15(10-18)17(21,22)23)11-16(28)26-7-5-25(6-8-26)12-3-4-13(19)14(20)9-12/h3-4,9H,2,5-8,10-11H2,1H3/b24-15+. The van der Waals surface area contributed by atoms with Crippen molar-refractivity contribution in [1.82, 2.24) is 9.91 Å². The summed E-state index contributed by atoms with van der Waals surface area (Å²) in [5.41, 5.74) is -0.658. The number of piperazine rings is 1. The Morgan fingerprint density at radius 1 is 1.18 bits per heavy atom. The number of alkyl halides is 4. The third-order valence-corrected chi connectivity index (χ3v) is 4.55. The van der Waals surface area contributed by atoms with Crippen molar-refractivity contribution in [3.63, 3.8) is 0 Å². The molecule has 1 aromatic rings. The van der Waals surface area contributed by atoms with E-state index in [4.69, 9.17) is 11.6 Å². The van der Waals surface area contributed by atoms with E-state index >= 15 is 0 Å². The van der Waals surface area contributed by atoms with Crippen LogP contribution in [0.5, 0.6) is 0 Å². The molecule has 0 radical (unpaired) electrons. The van der Waals surface area contributed by atoms with Crippen LogP contribution < -0.4 is 4.90 Å². The maximum absolute atomic E-state index is 13.4. The monoisotopic (exact) mass is 426 g/mol. The van der Waals surface area contributed by atoms with E-state index in [-0.39, 0.29) is 19.0 Å². The lowest BCUT2D eigenvalue weighted by molar-refractivity contribution is -0.132. The van der Waals surface area contributed by atoms with Gasteiger partial charge in [-0.25, -0.2) is 8.78 Å². The molecule has 1 aliphatic heterocycles. The summed E-state index contributed by atoms with van der Waals surface area (Å²) in [5.74, 6) is -3.06. The zero-order valence-corrected chi connectivity index (χ0v) is 15.9. The van der Waals surface area contributed by atoms with Crippen molar-refractivity contribution < 1.29 is 26.7 Å². The molecular weight excluding hydrogens is 407 g/mol. The SMILES string of the molecule is CCN(CC(=O)N1CCN(c2ccc(F)c(F)c2)CC1)/N=C(\CCl)C(F)(F)F. The number of benzene rings is 1. The zero-order valence-electron chi connectivity index (χ0n) is 15.1. The molecular formula is C17H20ClF5N4O. The Bertz CT molecular complexity index is 720. The maximum Gasteiger partial charge on any atom is 0.432 e. The summed E-state index contributed by atoms with van der Waals surface area (Å²) < 4.78 is 64.7. The van der Waals surface area contributed by atoms with Gasteiger partial charge in [-0.2, -0.15) is 18.3 Å². The average molecular weight is 427 g/mol. The number of nitrogens with zero attached hydrogens (tertiary/aromatic N) is 4. The number of anilines is 1. The summed E-state index contributed by atoms with van der Waals surface area (Å²) in [4.78, 5) is 15.7. The summed E-state index contributed by atoms with van der Waals surface area (Å²) in [6.07, 6.45) is -4.66. The number of carbonyl (C=O) groups is 1. The molecule has 0 aliphatic carbocycles. The number of rotatable bonds is 6. The highest BCUT2D eigenvalue weighted by Gasteiger charge is 2.36. The lowest BCUT2D eigenvalue weighted by Gasteiger charge is -2.36. The third kappa shape index (κ3) is 5.70. The average Bonchev–Trinajstić information content (AvgIpc) is 2.66. The molecule has 11 heteroatoms. The van der Waals surface area contributed by atoms with Gasteiger partial charge < -0.3 is 9.80 Å². The van der Waals surface area contributed by atoms with Crippen LogP contribution in [-0.4, -0.2) is 72.9 Å². The van der Waals surface area contributed by atoms with Gasteiger partial charge in [0.15, 0.2) is 17.3 Å². The van der Waals surface area contributed by atoms with E-state index in [0.717, 1.165) is 17.1 Å². The van der Waals surface area contributed by atoms with Crippen molar-refractivity contribution >= 4 is 28.9 Å². The fourth-order valence-corrected chi connectivity index (χ4v) is 2.90. The Morgan fingerprint density at radius 3 is 2.32 bits per heavy atom. The molecule has 0 bridgehead atoms.